The van der Waals surface area contributed by atoms with Crippen molar-refractivity contribution in [2.45, 2.75) is 6.92 Å². The fraction of sp³-hybridized carbons (Fsp3) is 0.333. The van der Waals surface area contributed by atoms with E-state index in [1.807, 2.05) is 6.92 Å². The number of H-pyrrole nitrogens is 1. The number of rotatable bonds is 0. The van der Waals surface area contributed by atoms with E-state index in [0.29, 0.717) is 0 Å². The van der Waals surface area contributed by atoms with Gasteiger partial charge in [0, 0.05) is 0 Å². The number of aromatic nitrogens is 3. The average molecular weight is 121 g/mol. The summed E-state index contributed by atoms with van der Waals surface area (Å²) >= 11 is 0. The summed E-state index contributed by atoms with van der Waals surface area (Å²) in [6.07, 6.45) is 2.37. The second kappa shape index (κ2) is 3.74. The minimum atomic E-state index is 0. The summed E-state index contributed by atoms with van der Waals surface area (Å²) in [5, 5.41) is 6.04. The molecule has 0 fully saturated rings. The smallest absolute Gasteiger partial charge is 0.418 e. The Morgan fingerprint density at radius 1 is 1.71 bits per heavy atom. The Labute approximate surface area is 84.3 Å². The topological polar surface area (TPSA) is 41.6 Å². The third-order valence-electron chi connectivity index (χ3n) is 0.485. The van der Waals surface area contributed by atoms with Crippen LogP contribution in [0.1, 0.15) is 5.82 Å². The van der Waals surface area contributed by atoms with Gasteiger partial charge in [-0.05, 0) is 12.2 Å². The molecule has 0 aromatic carbocycles. The van der Waals surface area contributed by atoms with Gasteiger partial charge in [-0.15, -0.1) is 0 Å². The van der Waals surface area contributed by atoms with Gasteiger partial charge in [-0.1, -0.05) is 6.92 Å². The van der Waals surface area contributed by atoms with Crippen molar-refractivity contribution in [3.05, 3.63) is 12.2 Å². The number of hydrogen-bond donors (Lipinski definition) is 1. The van der Waals surface area contributed by atoms with Gasteiger partial charge >= 0.3 is 51.4 Å². The first kappa shape index (κ1) is 7.78. The quantitative estimate of drug-likeness (QED) is 0.292. The Morgan fingerprint density at radius 2 is 2.43 bits per heavy atom. The van der Waals surface area contributed by atoms with E-state index in [1.165, 1.54) is 0 Å². The van der Waals surface area contributed by atoms with Crippen molar-refractivity contribution in [2.75, 3.05) is 0 Å². The maximum absolute atomic E-state index is 3.62. The van der Waals surface area contributed by atoms with E-state index < -0.39 is 0 Å². The molecule has 1 aromatic heterocycles. The molecule has 1 rings (SSSR count). The van der Waals surface area contributed by atoms with Crippen molar-refractivity contribution in [3.8, 4) is 0 Å². The molecule has 0 radical (unpaired) electrons. The van der Waals surface area contributed by atoms with E-state index >= 15 is 0 Å². The van der Waals surface area contributed by atoms with Crippen LogP contribution in [-0.2, 0) is 0 Å². The second-order valence-corrected chi connectivity index (χ2v) is 1.02. The van der Waals surface area contributed by atoms with Gasteiger partial charge in [0.2, 0.25) is 0 Å². The minimum absolute atomic E-state index is 0. The largest absolute Gasteiger partial charge is 1.00 e. The van der Waals surface area contributed by atoms with Gasteiger partial charge in [0.25, 0.3) is 0 Å². The van der Waals surface area contributed by atoms with Crippen LogP contribution in [0.2, 0.25) is 0 Å². The van der Waals surface area contributed by atoms with E-state index in [2.05, 4.69) is 21.5 Å². The summed E-state index contributed by atoms with van der Waals surface area (Å²) in [6.45, 7) is 1.82. The number of hydrogen-bond acceptors (Lipinski definition) is 2. The summed E-state index contributed by atoms with van der Waals surface area (Å²) in [5.74, 6) is 0.801. The number of aromatic amines is 1. The van der Waals surface area contributed by atoms with Crippen LogP contribution in [0.4, 0.5) is 0 Å². The molecule has 0 bridgehead atoms. The van der Waals surface area contributed by atoms with Crippen LogP contribution >= 0.6 is 0 Å². The monoisotopic (exact) mass is 121 g/mol. The minimum Gasteiger partial charge on any atom is -0.418 e. The van der Waals surface area contributed by atoms with E-state index in [0.717, 1.165) is 5.82 Å². The normalized spacial score (nSPS) is 7.57. The molecule has 1 aromatic rings. The molecule has 0 saturated heterocycles. The predicted molar refractivity (Wildman–Crippen MR) is 20.0 cm³/mol. The maximum atomic E-state index is 3.62. The standard InChI is InChI=1S/C3H4N3.K/c1-3-4-2-5-6-3;/h1H3,(H,4,5,6);/q-1;+1. The van der Waals surface area contributed by atoms with Crippen LogP contribution in [0.15, 0.2) is 0 Å². The second-order valence-electron chi connectivity index (χ2n) is 1.02. The van der Waals surface area contributed by atoms with Crippen LogP contribution in [0.25, 0.3) is 0 Å². The summed E-state index contributed by atoms with van der Waals surface area (Å²) in [4.78, 5) is 3.62. The molecule has 0 aliphatic carbocycles. The fourth-order valence-corrected chi connectivity index (χ4v) is 0.231. The Hall–Kier alpha value is 0.776. The van der Waals surface area contributed by atoms with Crippen LogP contribution in [0.5, 0.6) is 0 Å². The van der Waals surface area contributed by atoms with Gasteiger partial charge in [0.05, 0.1) is 0 Å². The van der Waals surface area contributed by atoms with Crippen molar-refractivity contribution in [2.24, 2.45) is 0 Å². The molecule has 0 atom stereocenters. The van der Waals surface area contributed by atoms with Gasteiger partial charge < -0.3 is 10.1 Å². The SMILES string of the molecule is Cc1n[c-]n[nH]1.[K+]. The fourth-order valence-electron chi connectivity index (χ4n) is 0.231. The summed E-state index contributed by atoms with van der Waals surface area (Å²) < 4.78 is 0. The zero-order chi connectivity index (χ0) is 4.41. The van der Waals surface area contributed by atoms with Gasteiger partial charge in [-0.3, -0.25) is 5.10 Å². The molecule has 0 unspecified atom stereocenters. The number of aryl methyl sites for hydroxylation is 1. The van der Waals surface area contributed by atoms with E-state index in [4.69, 9.17) is 0 Å². The van der Waals surface area contributed by atoms with Crippen LogP contribution in [0, 0.1) is 13.3 Å². The molecule has 0 amide bonds. The molecule has 0 aliphatic rings. The molecule has 4 heteroatoms. The van der Waals surface area contributed by atoms with Gasteiger partial charge in [-0.2, -0.15) is 0 Å². The molecule has 7 heavy (non-hydrogen) atoms. The molecule has 0 aliphatic heterocycles. The van der Waals surface area contributed by atoms with E-state index in [-0.39, 0.29) is 51.4 Å². The van der Waals surface area contributed by atoms with Crippen LogP contribution in [-0.4, -0.2) is 15.2 Å². The molecule has 3 nitrogen and oxygen atoms in total. The summed E-state index contributed by atoms with van der Waals surface area (Å²) in [6, 6.07) is 0. The van der Waals surface area contributed by atoms with Crippen molar-refractivity contribution in [3.63, 3.8) is 0 Å². The van der Waals surface area contributed by atoms with E-state index in [1.54, 1.807) is 0 Å². The van der Waals surface area contributed by atoms with Crippen molar-refractivity contribution in [1.82, 2.24) is 15.2 Å². The molecule has 0 spiro atoms. The van der Waals surface area contributed by atoms with Gasteiger partial charge in [-0.25, -0.2) is 0 Å². The van der Waals surface area contributed by atoms with Crippen molar-refractivity contribution >= 4 is 0 Å². The molecular formula is C3H4KN3. The molecule has 0 saturated carbocycles. The van der Waals surface area contributed by atoms with E-state index in [9.17, 15) is 0 Å². The summed E-state index contributed by atoms with van der Waals surface area (Å²) in [5.41, 5.74) is 0. The number of nitrogens with one attached hydrogen (secondary N) is 1. The zero-order valence-corrected chi connectivity index (χ0v) is 7.52. The molecule has 1 N–H and O–H groups in total. The van der Waals surface area contributed by atoms with Crippen molar-refractivity contribution in [1.29, 1.82) is 0 Å². The molecule has 32 valence electrons. The Morgan fingerprint density at radius 3 is 2.57 bits per heavy atom. The Bertz CT molecular complexity index is 114. The summed E-state index contributed by atoms with van der Waals surface area (Å²) in [7, 11) is 0. The van der Waals surface area contributed by atoms with Crippen LogP contribution < -0.4 is 51.4 Å². The third kappa shape index (κ3) is 2.56. The van der Waals surface area contributed by atoms with Crippen molar-refractivity contribution < 1.29 is 51.4 Å². The Balaban J connectivity index is 0.000000360. The molecule has 1 heterocycles. The maximum Gasteiger partial charge on any atom is 1.00 e. The van der Waals surface area contributed by atoms with Gasteiger partial charge in [0.15, 0.2) is 0 Å². The first-order valence-electron chi connectivity index (χ1n) is 1.64. The average Bonchev–Trinajstić information content (AvgIpc) is 1.86. The Kier molecular flexibility index (Phi) is 4.15. The molecular weight excluding hydrogens is 117 g/mol. The first-order chi connectivity index (χ1) is 2.89. The van der Waals surface area contributed by atoms with Crippen LogP contribution in [0.3, 0.4) is 0 Å². The first-order valence-corrected chi connectivity index (χ1v) is 1.64. The third-order valence-corrected chi connectivity index (χ3v) is 0.485. The predicted octanol–water partition coefficient (Wildman–Crippen LogP) is -3.08. The van der Waals surface area contributed by atoms with Gasteiger partial charge in [0.1, 0.15) is 0 Å². The number of nitrogens with zero attached hydrogens (tertiary/aromatic N) is 2. The zero-order valence-electron chi connectivity index (χ0n) is 4.39.